The number of carbonyl (C=O) groups is 1. The summed E-state index contributed by atoms with van der Waals surface area (Å²) < 4.78 is 0. The van der Waals surface area contributed by atoms with Crippen molar-refractivity contribution in [3.8, 4) is 0 Å². The van der Waals surface area contributed by atoms with E-state index in [-0.39, 0.29) is 25.3 Å². The maximum Gasteiger partial charge on any atom is 0.129 e. The van der Waals surface area contributed by atoms with Crippen LogP contribution in [0.3, 0.4) is 0 Å². The SMILES string of the molecule is CCCC(C)=O.[Zn]. The summed E-state index contributed by atoms with van der Waals surface area (Å²) in [7, 11) is 0. The van der Waals surface area contributed by atoms with Crippen molar-refractivity contribution in [1.82, 2.24) is 0 Å². The van der Waals surface area contributed by atoms with Crippen molar-refractivity contribution in [2.75, 3.05) is 0 Å². The van der Waals surface area contributed by atoms with Crippen LogP contribution in [-0.2, 0) is 24.3 Å². The van der Waals surface area contributed by atoms with Gasteiger partial charge in [-0.05, 0) is 13.3 Å². The summed E-state index contributed by atoms with van der Waals surface area (Å²) in [5.41, 5.74) is 0. The molecule has 0 aliphatic rings. The largest absolute Gasteiger partial charge is 0.300 e. The average molecular weight is 152 g/mol. The molecule has 2 heteroatoms. The maximum atomic E-state index is 10.0. The van der Waals surface area contributed by atoms with Crippen LogP contribution in [0.25, 0.3) is 0 Å². The van der Waals surface area contributed by atoms with Crippen molar-refractivity contribution in [2.24, 2.45) is 0 Å². The van der Waals surface area contributed by atoms with Crippen LogP contribution in [0.4, 0.5) is 0 Å². The Morgan fingerprint density at radius 1 is 1.57 bits per heavy atom. The normalized spacial score (nSPS) is 7.14. The number of carbonyl (C=O) groups excluding carboxylic acids is 1. The second-order valence-corrected chi connectivity index (χ2v) is 1.45. The van der Waals surface area contributed by atoms with E-state index in [9.17, 15) is 4.79 Å². The number of Topliss-reactive ketones (excluding diaryl/α,β-unsaturated/α-hetero) is 1. The molecule has 0 saturated carbocycles. The fourth-order valence-corrected chi connectivity index (χ4v) is 0.352. The van der Waals surface area contributed by atoms with Gasteiger partial charge in [-0.1, -0.05) is 6.92 Å². The summed E-state index contributed by atoms with van der Waals surface area (Å²) in [6, 6.07) is 0. The number of hydrogen-bond acceptors (Lipinski definition) is 1. The molecule has 7 heavy (non-hydrogen) atoms. The Morgan fingerprint density at radius 3 is 2.00 bits per heavy atom. The second-order valence-electron chi connectivity index (χ2n) is 1.45. The first kappa shape index (κ1) is 10.3. The van der Waals surface area contributed by atoms with Crippen LogP contribution in [0.15, 0.2) is 0 Å². The molecule has 0 N–H and O–H groups in total. The van der Waals surface area contributed by atoms with E-state index in [1.165, 1.54) is 0 Å². The molecule has 0 heterocycles. The van der Waals surface area contributed by atoms with Crippen LogP contribution in [0.1, 0.15) is 26.7 Å². The zero-order valence-electron chi connectivity index (χ0n) is 5.03. The van der Waals surface area contributed by atoms with Crippen molar-refractivity contribution >= 4 is 5.78 Å². The van der Waals surface area contributed by atoms with Gasteiger partial charge in [0.25, 0.3) is 0 Å². The molecular weight excluding hydrogens is 141 g/mol. The van der Waals surface area contributed by atoms with Gasteiger partial charge in [0, 0.05) is 25.9 Å². The first-order valence-corrected chi connectivity index (χ1v) is 2.26. The third-order valence-corrected chi connectivity index (χ3v) is 0.602. The molecule has 1 nitrogen and oxygen atoms in total. The Labute approximate surface area is 57.2 Å². The molecule has 0 rings (SSSR count). The Kier molecular flexibility index (Phi) is 9.27. The fourth-order valence-electron chi connectivity index (χ4n) is 0.352. The minimum Gasteiger partial charge on any atom is -0.300 e. The van der Waals surface area contributed by atoms with E-state index >= 15 is 0 Å². The Balaban J connectivity index is 0. The van der Waals surface area contributed by atoms with Crippen LogP contribution in [0, 0.1) is 0 Å². The molecule has 0 bridgehead atoms. The van der Waals surface area contributed by atoms with Gasteiger partial charge in [-0.15, -0.1) is 0 Å². The van der Waals surface area contributed by atoms with Gasteiger partial charge < -0.3 is 4.79 Å². The van der Waals surface area contributed by atoms with E-state index in [4.69, 9.17) is 0 Å². The van der Waals surface area contributed by atoms with E-state index in [1.54, 1.807) is 6.92 Å². The van der Waals surface area contributed by atoms with E-state index in [0.717, 1.165) is 12.8 Å². The van der Waals surface area contributed by atoms with Gasteiger partial charge in [0.05, 0.1) is 0 Å². The fraction of sp³-hybridized carbons (Fsp3) is 0.800. The molecule has 0 spiro atoms. The van der Waals surface area contributed by atoms with E-state index in [1.807, 2.05) is 6.92 Å². The van der Waals surface area contributed by atoms with Gasteiger partial charge in [0.2, 0.25) is 0 Å². The molecule has 0 atom stereocenters. The van der Waals surface area contributed by atoms with Gasteiger partial charge in [-0.3, -0.25) is 0 Å². The van der Waals surface area contributed by atoms with Crippen LogP contribution in [0.5, 0.6) is 0 Å². The first-order valence-electron chi connectivity index (χ1n) is 2.26. The summed E-state index contributed by atoms with van der Waals surface area (Å²) in [4.78, 5) is 10.0. The standard InChI is InChI=1S/C5H10O.Zn/c1-3-4-5(2)6;/h3-4H2,1-2H3;. The topological polar surface area (TPSA) is 17.1 Å². The predicted octanol–water partition coefficient (Wildman–Crippen LogP) is 1.37. The van der Waals surface area contributed by atoms with Crippen molar-refractivity contribution in [2.45, 2.75) is 26.7 Å². The molecule has 0 radical (unpaired) electrons. The summed E-state index contributed by atoms with van der Waals surface area (Å²) >= 11 is 0. The summed E-state index contributed by atoms with van der Waals surface area (Å²) in [6.45, 7) is 3.62. The van der Waals surface area contributed by atoms with Crippen LogP contribution in [-0.4, -0.2) is 5.78 Å². The molecule has 0 aromatic heterocycles. The van der Waals surface area contributed by atoms with Crippen LogP contribution >= 0.6 is 0 Å². The van der Waals surface area contributed by atoms with Gasteiger partial charge in [-0.25, -0.2) is 0 Å². The van der Waals surface area contributed by atoms with Crippen molar-refractivity contribution in [3.05, 3.63) is 0 Å². The summed E-state index contributed by atoms with van der Waals surface area (Å²) in [6.07, 6.45) is 1.72. The maximum absolute atomic E-state index is 10.0. The van der Waals surface area contributed by atoms with E-state index in [0.29, 0.717) is 0 Å². The Bertz CT molecular complexity index is 52.0. The number of rotatable bonds is 2. The molecule has 0 unspecified atom stereocenters. The van der Waals surface area contributed by atoms with Crippen molar-refractivity contribution in [1.29, 1.82) is 0 Å². The third kappa shape index (κ3) is 10.7. The monoisotopic (exact) mass is 150 g/mol. The van der Waals surface area contributed by atoms with Gasteiger partial charge in [0.15, 0.2) is 0 Å². The Morgan fingerprint density at radius 2 is 2.00 bits per heavy atom. The average Bonchev–Trinajstić information content (AvgIpc) is 1.35. The van der Waals surface area contributed by atoms with E-state index < -0.39 is 0 Å². The Hall–Kier alpha value is 0.293. The first-order chi connectivity index (χ1) is 2.77. The molecule has 0 aromatic rings. The predicted molar refractivity (Wildman–Crippen MR) is 25.6 cm³/mol. The molecule has 0 fully saturated rings. The summed E-state index contributed by atoms with van der Waals surface area (Å²) in [5, 5.41) is 0. The summed E-state index contributed by atoms with van der Waals surface area (Å²) in [5.74, 6) is 0.289. The number of ketones is 1. The molecule has 0 aliphatic carbocycles. The van der Waals surface area contributed by atoms with Gasteiger partial charge >= 0.3 is 0 Å². The number of hydrogen-bond donors (Lipinski definition) is 0. The molecule has 0 aliphatic heterocycles. The van der Waals surface area contributed by atoms with E-state index in [2.05, 4.69) is 0 Å². The molecule has 38 valence electrons. The zero-order valence-corrected chi connectivity index (χ0v) is 8.00. The molecule has 0 amide bonds. The van der Waals surface area contributed by atoms with Crippen LogP contribution < -0.4 is 0 Å². The third-order valence-electron chi connectivity index (χ3n) is 0.602. The van der Waals surface area contributed by atoms with Gasteiger partial charge in [-0.2, -0.15) is 0 Å². The quantitative estimate of drug-likeness (QED) is 0.545. The van der Waals surface area contributed by atoms with Crippen molar-refractivity contribution < 1.29 is 24.3 Å². The van der Waals surface area contributed by atoms with Crippen LogP contribution in [0.2, 0.25) is 0 Å². The minimum absolute atomic E-state index is 0. The molecular formula is C5H10OZn. The van der Waals surface area contributed by atoms with Gasteiger partial charge in [0.1, 0.15) is 5.78 Å². The van der Waals surface area contributed by atoms with Crippen molar-refractivity contribution in [3.63, 3.8) is 0 Å². The second kappa shape index (κ2) is 6.29. The molecule has 0 saturated heterocycles. The smallest absolute Gasteiger partial charge is 0.129 e. The minimum atomic E-state index is 0. The zero-order chi connectivity index (χ0) is 4.99. The molecule has 0 aromatic carbocycles.